The van der Waals surface area contributed by atoms with E-state index >= 15 is 0 Å². The first-order valence-electron chi connectivity index (χ1n) is 7.83. The van der Waals surface area contributed by atoms with E-state index in [1.54, 1.807) is 16.8 Å². The molecule has 122 valence electrons. The molecule has 2 aromatic rings. The summed E-state index contributed by atoms with van der Waals surface area (Å²) in [7, 11) is 0. The van der Waals surface area contributed by atoms with E-state index in [0.29, 0.717) is 24.2 Å². The first kappa shape index (κ1) is 15.7. The number of benzene rings is 1. The highest BCUT2D eigenvalue weighted by Gasteiger charge is 2.37. The minimum Gasteiger partial charge on any atom is -0.324 e. The zero-order chi connectivity index (χ0) is 16.6. The Kier molecular flexibility index (Phi) is 3.93. The van der Waals surface area contributed by atoms with Gasteiger partial charge in [0.15, 0.2) is 5.82 Å². The first-order valence-corrected chi connectivity index (χ1v) is 7.83. The number of carbonyl (C=O) groups is 1. The summed E-state index contributed by atoms with van der Waals surface area (Å²) in [5, 5.41) is 7.01. The molecule has 1 amide bonds. The Morgan fingerprint density at radius 3 is 2.57 bits per heavy atom. The monoisotopic (exact) mass is 316 g/mol. The van der Waals surface area contributed by atoms with Crippen LogP contribution < -0.4 is 11.1 Å². The molecule has 1 aliphatic carbocycles. The van der Waals surface area contributed by atoms with Gasteiger partial charge in [0, 0.05) is 11.4 Å². The van der Waals surface area contributed by atoms with Crippen molar-refractivity contribution in [3.8, 4) is 5.69 Å². The molecule has 0 saturated heterocycles. The Morgan fingerprint density at radius 2 is 2.00 bits per heavy atom. The molecule has 3 rings (SSSR count). The van der Waals surface area contributed by atoms with E-state index in [2.05, 4.69) is 10.4 Å². The van der Waals surface area contributed by atoms with E-state index < -0.39 is 11.4 Å². The van der Waals surface area contributed by atoms with Gasteiger partial charge in [-0.25, -0.2) is 9.07 Å². The van der Waals surface area contributed by atoms with Gasteiger partial charge in [-0.1, -0.05) is 12.8 Å². The summed E-state index contributed by atoms with van der Waals surface area (Å²) in [5.41, 5.74) is 7.73. The molecule has 1 heterocycles. The van der Waals surface area contributed by atoms with Gasteiger partial charge >= 0.3 is 0 Å². The Bertz CT molecular complexity index is 747. The predicted octanol–water partition coefficient (Wildman–Crippen LogP) is 2.84. The smallest absolute Gasteiger partial charge is 0.244 e. The topological polar surface area (TPSA) is 72.9 Å². The van der Waals surface area contributed by atoms with Crippen LogP contribution in [0.5, 0.6) is 0 Å². The standard InChI is InChI=1S/C17H21FN4O/c1-11-9-12(2)22(21-11)15-6-5-13(10-14(15)18)20-16(23)17(19)7-3-4-8-17/h5-6,9-10H,3-4,7-8,19H2,1-2H3,(H,20,23). The maximum absolute atomic E-state index is 14.4. The third-order valence-electron chi connectivity index (χ3n) is 4.39. The van der Waals surface area contributed by atoms with Crippen LogP contribution in [0.1, 0.15) is 37.1 Å². The lowest BCUT2D eigenvalue weighted by molar-refractivity contribution is -0.121. The number of aromatic nitrogens is 2. The van der Waals surface area contributed by atoms with Crippen molar-refractivity contribution in [2.24, 2.45) is 5.73 Å². The van der Waals surface area contributed by atoms with Crippen LogP contribution in [0.25, 0.3) is 5.69 Å². The van der Waals surface area contributed by atoms with Crippen molar-refractivity contribution in [2.75, 3.05) is 5.32 Å². The molecule has 0 unspecified atom stereocenters. The van der Waals surface area contributed by atoms with Gasteiger partial charge in [-0.05, 0) is 51.0 Å². The van der Waals surface area contributed by atoms with Crippen LogP contribution in [0.2, 0.25) is 0 Å². The van der Waals surface area contributed by atoms with Crippen LogP contribution in [-0.4, -0.2) is 21.2 Å². The zero-order valence-electron chi connectivity index (χ0n) is 13.4. The minimum absolute atomic E-state index is 0.242. The maximum Gasteiger partial charge on any atom is 0.244 e. The molecule has 1 aliphatic rings. The third kappa shape index (κ3) is 2.99. The number of nitrogens with one attached hydrogen (secondary N) is 1. The van der Waals surface area contributed by atoms with Crippen LogP contribution in [0.15, 0.2) is 24.3 Å². The van der Waals surface area contributed by atoms with Crippen molar-refractivity contribution in [2.45, 2.75) is 45.1 Å². The van der Waals surface area contributed by atoms with Gasteiger partial charge in [0.25, 0.3) is 0 Å². The number of carbonyl (C=O) groups excluding carboxylic acids is 1. The summed E-state index contributed by atoms with van der Waals surface area (Å²) < 4.78 is 16.0. The van der Waals surface area contributed by atoms with Crippen LogP contribution in [0.4, 0.5) is 10.1 Å². The molecule has 0 radical (unpaired) electrons. The number of nitrogens with zero attached hydrogens (tertiary/aromatic N) is 2. The number of aryl methyl sites for hydroxylation is 2. The van der Waals surface area contributed by atoms with E-state index in [-0.39, 0.29) is 5.91 Å². The zero-order valence-corrected chi connectivity index (χ0v) is 13.4. The summed E-state index contributed by atoms with van der Waals surface area (Å²) in [6, 6.07) is 6.47. The molecule has 0 bridgehead atoms. The highest BCUT2D eigenvalue weighted by molar-refractivity contribution is 5.98. The number of anilines is 1. The predicted molar refractivity (Wildman–Crippen MR) is 87.0 cm³/mol. The number of rotatable bonds is 3. The average molecular weight is 316 g/mol. The van der Waals surface area contributed by atoms with Gasteiger partial charge in [-0.15, -0.1) is 0 Å². The van der Waals surface area contributed by atoms with E-state index in [1.165, 1.54) is 6.07 Å². The molecule has 6 heteroatoms. The van der Waals surface area contributed by atoms with Gasteiger partial charge < -0.3 is 11.1 Å². The summed E-state index contributed by atoms with van der Waals surface area (Å²) in [4.78, 5) is 12.3. The summed E-state index contributed by atoms with van der Waals surface area (Å²) >= 11 is 0. The van der Waals surface area contributed by atoms with Crippen molar-refractivity contribution in [1.29, 1.82) is 0 Å². The van der Waals surface area contributed by atoms with Crippen molar-refractivity contribution in [3.63, 3.8) is 0 Å². The van der Waals surface area contributed by atoms with E-state index in [4.69, 9.17) is 5.73 Å². The highest BCUT2D eigenvalue weighted by atomic mass is 19.1. The number of amides is 1. The Labute approximate surface area is 134 Å². The van der Waals surface area contributed by atoms with E-state index in [9.17, 15) is 9.18 Å². The lowest BCUT2D eigenvalue weighted by Gasteiger charge is -2.22. The van der Waals surface area contributed by atoms with Gasteiger partial charge in [0.2, 0.25) is 5.91 Å². The lowest BCUT2D eigenvalue weighted by atomic mass is 9.98. The maximum atomic E-state index is 14.4. The number of halogens is 1. The molecule has 1 fully saturated rings. The Morgan fingerprint density at radius 1 is 1.30 bits per heavy atom. The Balaban J connectivity index is 1.82. The lowest BCUT2D eigenvalue weighted by Crippen LogP contribution is -2.48. The van der Waals surface area contributed by atoms with E-state index in [0.717, 1.165) is 24.2 Å². The molecule has 3 N–H and O–H groups in total. The largest absolute Gasteiger partial charge is 0.324 e. The second-order valence-electron chi connectivity index (χ2n) is 6.32. The van der Waals surface area contributed by atoms with Crippen molar-refractivity contribution < 1.29 is 9.18 Å². The van der Waals surface area contributed by atoms with Gasteiger partial charge in [-0.3, -0.25) is 4.79 Å². The van der Waals surface area contributed by atoms with Crippen LogP contribution in [-0.2, 0) is 4.79 Å². The van der Waals surface area contributed by atoms with Crippen molar-refractivity contribution >= 4 is 11.6 Å². The molecule has 0 atom stereocenters. The summed E-state index contributed by atoms with van der Waals surface area (Å²) in [6.45, 7) is 3.73. The molecule has 23 heavy (non-hydrogen) atoms. The molecule has 0 aliphatic heterocycles. The fourth-order valence-corrected chi connectivity index (χ4v) is 3.12. The molecule has 0 spiro atoms. The molecular formula is C17H21FN4O. The summed E-state index contributed by atoms with van der Waals surface area (Å²) in [5.74, 6) is -0.681. The number of hydrogen-bond donors (Lipinski definition) is 2. The summed E-state index contributed by atoms with van der Waals surface area (Å²) in [6.07, 6.45) is 3.25. The molecule has 5 nitrogen and oxygen atoms in total. The second-order valence-corrected chi connectivity index (χ2v) is 6.32. The van der Waals surface area contributed by atoms with Crippen molar-refractivity contribution in [3.05, 3.63) is 41.5 Å². The minimum atomic E-state index is -0.829. The molecule has 1 aromatic carbocycles. The van der Waals surface area contributed by atoms with Crippen LogP contribution >= 0.6 is 0 Å². The van der Waals surface area contributed by atoms with Crippen molar-refractivity contribution in [1.82, 2.24) is 9.78 Å². The number of hydrogen-bond acceptors (Lipinski definition) is 3. The highest BCUT2D eigenvalue weighted by Crippen LogP contribution is 2.29. The van der Waals surface area contributed by atoms with Gasteiger partial charge in [0.05, 0.1) is 11.2 Å². The third-order valence-corrected chi connectivity index (χ3v) is 4.39. The van der Waals surface area contributed by atoms with Crippen LogP contribution in [0, 0.1) is 19.7 Å². The van der Waals surface area contributed by atoms with Gasteiger partial charge in [-0.2, -0.15) is 5.10 Å². The van der Waals surface area contributed by atoms with E-state index in [1.807, 2.05) is 19.9 Å². The first-order chi connectivity index (χ1) is 10.9. The van der Waals surface area contributed by atoms with Gasteiger partial charge in [0.1, 0.15) is 5.69 Å². The average Bonchev–Trinajstić information content (AvgIpc) is 3.06. The Hall–Kier alpha value is -2.21. The normalized spacial score (nSPS) is 16.5. The quantitative estimate of drug-likeness (QED) is 0.914. The molecule has 1 saturated carbocycles. The fourth-order valence-electron chi connectivity index (χ4n) is 3.12. The number of nitrogens with two attached hydrogens (primary N) is 1. The second kappa shape index (κ2) is 5.77. The SMILES string of the molecule is Cc1cc(C)n(-c2ccc(NC(=O)C3(N)CCCC3)cc2F)n1. The molecular weight excluding hydrogens is 295 g/mol. The fraction of sp³-hybridized carbons (Fsp3) is 0.412. The molecule has 1 aromatic heterocycles. The van der Waals surface area contributed by atoms with Crippen LogP contribution in [0.3, 0.4) is 0 Å².